The topological polar surface area (TPSA) is 487 Å². The zero-order valence-corrected chi connectivity index (χ0v) is 57.5. The highest BCUT2D eigenvalue weighted by Gasteiger charge is 2.47. The van der Waals surface area contributed by atoms with Crippen molar-refractivity contribution in [2.75, 3.05) is 45.9 Å². The Balaban J connectivity index is 1.22. The van der Waals surface area contributed by atoms with Gasteiger partial charge in [-0.3, -0.25) is 62.3 Å². The lowest BCUT2D eigenvalue weighted by Crippen LogP contribution is -2.62. The number of aliphatic hydroxyl groups excluding tert-OH is 2. The fourth-order valence-corrected chi connectivity index (χ4v) is 12.8. The second kappa shape index (κ2) is 38.7. The van der Waals surface area contributed by atoms with E-state index < -0.39 is 186 Å². The van der Waals surface area contributed by atoms with E-state index in [2.05, 4.69) is 42.5 Å². The summed E-state index contributed by atoms with van der Waals surface area (Å²) in [7, 11) is 0. The van der Waals surface area contributed by atoms with Crippen LogP contribution in [0.3, 0.4) is 0 Å². The Bertz CT molecular complexity index is 2980. The third-order valence-corrected chi connectivity index (χ3v) is 18.6. The predicted octanol–water partition coefficient (Wildman–Crippen LogP) is -3.37. The fraction of sp³-hybridized carbons (Fsp3) is 0.697. The minimum Gasteiger partial charge on any atom is -0.480 e. The zero-order chi connectivity index (χ0) is 72.7. The Kier molecular flexibility index (Phi) is 31.7. The molecule has 4 aliphatic heterocycles. The van der Waals surface area contributed by atoms with Gasteiger partial charge in [0.25, 0.3) is 0 Å². The Morgan fingerprint density at radius 2 is 0.980 bits per heavy atom. The number of amides is 13. The summed E-state index contributed by atoms with van der Waals surface area (Å²) >= 11 is 0. The number of rotatable bonds is 37. The van der Waals surface area contributed by atoms with Crippen LogP contribution in [0.25, 0.3) is 0 Å². The number of primary amides is 1. The van der Waals surface area contributed by atoms with E-state index in [0.29, 0.717) is 57.1 Å². The molecule has 32 heteroatoms. The Labute approximate surface area is 571 Å². The third kappa shape index (κ3) is 22.3. The van der Waals surface area contributed by atoms with Crippen molar-refractivity contribution in [2.24, 2.45) is 35.0 Å². The standard InChI is InChI=1S/C66H105N15O17/c1-8-38(6)53(77-58(89)43(32-36(2)3)72-57(88)44(33-40-18-10-9-11-19-40)73-56(87)42(25-26-51(69)84)71-55(86)41(68)20-12-13-27-67)61(92)75-46(35-83)63(94)81-31-17-23-49(81)64(95)78-28-14-21-47(78)59(90)70-39(7)54(85)74-45(34-82)62(93)80-30-16-24-50(80)65(96)79-29-15-22-48(79)60(91)76-52(37(4)5)66(97)98/h9-11,18-19,36-39,41-50,52-53,82-83H,8,12-17,20-35,67-68H2,1-7H3,(H2,69,84)(H,70,90)(H,71,86)(H,72,88)(H,73,87)(H,74,85)(H,75,92)(H,76,91)(H,77,89)(H,97,98)/t38-,39-,41-,42-,43-,44-,45-,46-,47-,48-,49-,50-,52-,53-/m0/s1. The number of nitrogens with one attached hydrogen (secondary N) is 8. The summed E-state index contributed by atoms with van der Waals surface area (Å²) in [6.45, 7) is 10.6. The first-order valence-electron chi connectivity index (χ1n) is 34.4. The van der Waals surface area contributed by atoms with Gasteiger partial charge >= 0.3 is 5.97 Å². The largest absolute Gasteiger partial charge is 0.480 e. The number of hydrogen-bond acceptors (Lipinski definition) is 18. The molecule has 0 aromatic heterocycles. The van der Waals surface area contributed by atoms with Gasteiger partial charge in [0.2, 0.25) is 76.8 Å². The zero-order valence-electron chi connectivity index (χ0n) is 57.5. The number of benzene rings is 1. The van der Waals surface area contributed by atoms with Crippen LogP contribution < -0.4 is 59.7 Å². The average Bonchev–Trinajstić information content (AvgIpc) is 1.64. The van der Waals surface area contributed by atoms with Crippen molar-refractivity contribution < 1.29 is 82.4 Å². The first kappa shape index (κ1) is 80.3. The van der Waals surface area contributed by atoms with Crippen LogP contribution in [0.15, 0.2) is 30.3 Å². The number of aliphatic hydroxyl groups is 2. The monoisotopic (exact) mass is 1380 g/mol. The summed E-state index contributed by atoms with van der Waals surface area (Å²) < 4.78 is 0. The van der Waals surface area contributed by atoms with E-state index in [-0.39, 0.29) is 89.9 Å². The molecular weight excluding hydrogens is 1270 g/mol. The van der Waals surface area contributed by atoms with E-state index in [1.165, 1.54) is 26.5 Å². The highest BCUT2D eigenvalue weighted by Crippen LogP contribution is 2.28. The maximum atomic E-state index is 14.5. The van der Waals surface area contributed by atoms with Gasteiger partial charge in [0.1, 0.15) is 72.5 Å². The number of carbonyl (C=O) groups excluding carboxylic acids is 13. The quantitative estimate of drug-likeness (QED) is 0.0289. The van der Waals surface area contributed by atoms with Crippen LogP contribution >= 0.6 is 0 Å². The van der Waals surface area contributed by atoms with Crippen molar-refractivity contribution in [2.45, 2.75) is 230 Å². The van der Waals surface area contributed by atoms with Gasteiger partial charge < -0.3 is 94.7 Å². The van der Waals surface area contributed by atoms with Gasteiger partial charge in [0.05, 0.1) is 19.3 Å². The summed E-state index contributed by atoms with van der Waals surface area (Å²) in [6, 6.07) is -7.72. The maximum Gasteiger partial charge on any atom is 0.326 e. The summed E-state index contributed by atoms with van der Waals surface area (Å²) in [6.07, 6.45) is 3.53. The van der Waals surface area contributed by atoms with Crippen LogP contribution in [0.4, 0.5) is 0 Å². The summed E-state index contributed by atoms with van der Waals surface area (Å²) in [5.41, 5.74) is 17.7. The minimum atomic E-state index is -1.62. The van der Waals surface area contributed by atoms with E-state index in [9.17, 15) is 82.4 Å². The lowest BCUT2D eigenvalue weighted by atomic mass is 9.96. The van der Waals surface area contributed by atoms with Crippen LogP contribution in [0.2, 0.25) is 0 Å². The molecule has 4 heterocycles. The van der Waals surface area contributed by atoms with Crippen LogP contribution in [0.1, 0.15) is 150 Å². The summed E-state index contributed by atoms with van der Waals surface area (Å²) in [5, 5.41) is 51.6. The molecule has 0 spiro atoms. The van der Waals surface area contributed by atoms with Crippen molar-refractivity contribution in [1.29, 1.82) is 0 Å². The normalized spacial score (nSPS) is 20.7. The van der Waals surface area contributed by atoms with Crippen molar-refractivity contribution >= 4 is 82.8 Å². The molecule has 98 heavy (non-hydrogen) atoms. The van der Waals surface area contributed by atoms with E-state index in [1.807, 2.05) is 0 Å². The number of likely N-dealkylation sites (tertiary alicyclic amines) is 4. The van der Waals surface area contributed by atoms with Gasteiger partial charge in [-0.25, -0.2) is 4.79 Å². The number of unbranched alkanes of at least 4 members (excludes halogenated alkanes) is 1. The van der Waals surface area contributed by atoms with E-state index in [4.69, 9.17) is 17.2 Å². The highest BCUT2D eigenvalue weighted by molar-refractivity contribution is 6.00. The average molecular weight is 1380 g/mol. The molecule has 17 N–H and O–H groups in total. The molecule has 13 amide bonds. The van der Waals surface area contributed by atoms with Gasteiger partial charge in [-0.2, -0.15) is 0 Å². The van der Waals surface area contributed by atoms with Crippen molar-refractivity contribution in [1.82, 2.24) is 62.1 Å². The first-order chi connectivity index (χ1) is 46.5. The SMILES string of the molecule is CC[C@H](C)[C@H](NC(=O)[C@H](CC(C)C)NC(=O)[C@H](Cc1ccccc1)NC(=O)[C@H](CCC(N)=O)NC(=O)[C@@H](N)CCCCN)C(=O)N[C@@H](CO)C(=O)N1CCC[C@H]1C(=O)N1CCC[C@H]1C(=O)N[C@@H](C)C(=O)N[C@@H](CO)C(=O)N1CCC[C@H]1C(=O)N1CCC[C@H]1C(=O)N[C@H](C(=O)O)C(C)C. The molecule has 0 radical (unpaired) electrons. The molecule has 1 aromatic carbocycles. The summed E-state index contributed by atoms with van der Waals surface area (Å²) in [5.74, 6) is -12.2. The fourth-order valence-electron chi connectivity index (χ4n) is 12.8. The molecule has 4 saturated heterocycles. The van der Waals surface area contributed by atoms with E-state index in [1.54, 1.807) is 71.9 Å². The number of carbonyl (C=O) groups is 14. The molecule has 0 aliphatic carbocycles. The molecule has 14 atom stereocenters. The highest BCUT2D eigenvalue weighted by atomic mass is 16.4. The molecule has 0 saturated carbocycles. The van der Waals surface area contributed by atoms with Crippen molar-refractivity contribution in [3.8, 4) is 0 Å². The molecule has 0 unspecified atom stereocenters. The molecule has 546 valence electrons. The molecule has 1 aromatic rings. The van der Waals surface area contributed by atoms with E-state index >= 15 is 0 Å². The Hall–Kier alpha value is -8.36. The van der Waals surface area contributed by atoms with Gasteiger partial charge in [0.15, 0.2) is 0 Å². The molecule has 4 aliphatic rings. The number of carboxylic acids is 1. The number of hydrogen-bond donors (Lipinski definition) is 14. The number of nitrogens with two attached hydrogens (primary N) is 3. The lowest BCUT2D eigenvalue weighted by molar-refractivity contribution is -0.149. The van der Waals surface area contributed by atoms with Crippen LogP contribution in [-0.2, 0) is 73.5 Å². The van der Waals surface area contributed by atoms with Gasteiger partial charge in [-0.05, 0) is 114 Å². The van der Waals surface area contributed by atoms with Gasteiger partial charge in [0, 0.05) is 39.0 Å². The summed E-state index contributed by atoms with van der Waals surface area (Å²) in [4.78, 5) is 197. The van der Waals surface area contributed by atoms with Crippen LogP contribution in [-0.4, -0.2) is 242 Å². The smallest absolute Gasteiger partial charge is 0.326 e. The number of nitrogens with zero attached hydrogens (tertiary/aromatic N) is 4. The van der Waals surface area contributed by atoms with Gasteiger partial charge in [-0.15, -0.1) is 0 Å². The first-order valence-corrected chi connectivity index (χ1v) is 34.4. The number of carboxylic acid groups (broad SMARTS) is 1. The van der Waals surface area contributed by atoms with Crippen molar-refractivity contribution in [3.63, 3.8) is 0 Å². The van der Waals surface area contributed by atoms with Crippen LogP contribution in [0, 0.1) is 17.8 Å². The van der Waals surface area contributed by atoms with E-state index in [0.717, 1.165) is 0 Å². The second-order valence-corrected chi connectivity index (χ2v) is 26.8. The van der Waals surface area contributed by atoms with Gasteiger partial charge in [-0.1, -0.05) is 84.7 Å². The second-order valence-electron chi connectivity index (χ2n) is 26.8. The maximum absolute atomic E-state index is 14.5. The molecule has 32 nitrogen and oxygen atoms in total. The van der Waals surface area contributed by atoms with Crippen LogP contribution in [0.5, 0.6) is 0 Å². The molecular formula is C66H105N15O17. The Morgan fingerprint density at radius 1 is 0.520 bits per heavy atom. The number of aliphatic carboxylic acids is 1. The van der Waals surface area contributed by atoms with Crippen molar-refractivity contribution in [3.05, 3.63) is 35.9 Å². The predicted molar refractivity (Wildman–Crippen MR) is 355 cm³/mol. The molecule has 4 fully saturated rings. The third-order valence-electron chi connectivity index (χ3n) is 18.6. The minimum absolute atomic E-state index is 0.0320. The molecule has 5 rings (SSSR count). The Morgan fingerprint density at radius 3 is 1.46 bits per heavy atom. The lowest BCUT2D eigenvalue weighted by Gasteiger charge is -2.34. The molecule has 0 bridgehead atoms.